The maximum Gasteiger partial charge on any atom is 0.134 e. The molecule has 2 nitrogen and oxygen atoms in total. The molecular formula is C22H15NO. The standard InChI is InChI=1S/C22H15NO/c1-4-11-21-16(6-1)14-17(24-21)13-12-15-7-5-9-19-18-8-2-3-10-20(18)23-22(15)19/h1-14,23H. The third-order valence-electron chi connectivity index (χ3n) is 4.45. The van der Waals surface area contributed by atoms with Crippen LogP contribution in [0.3, 0.4) is 0 Å². The molecule has 0 atom stereocenters. The van der Waals surface area contributed by atoms with Crippen LogP contribution in [0.1, 0.15) is 11.3 Å². The molecule has 0 aliphatic rings. The molecule has 0 amide bonds. The molecule has 114 valence electrons. The first-order valence-corrected chi connectivity index (χ1v) is 8.04. The number of aromatic amines is 1. The number of H-pyrrole nitrogens is 1. The smallest absolute Gasteiger partial charge is 0.134 e. The predicted octanol–water partition coefficient (Wildman–Crippen LogP) is 6.24. The highest BCUT2D eigenvalue weighted by molar-refractivity contribution is 6.09. The van der Waals surface area contributed by atoms with Crippen molar-refractivity contribution in [2.75, 3.05) is 0 Å². The molecule has 0 radical (unpaired) electrons. The van der Waals surface area contributed by atoms with Gasteiger partial charge in [-0.15, -0.1) is 0 Å². The van der Waals surface area contributed by atoms with Crippen LogP contribution < -0.4 is 0 Å². The molecule has 0 saturated heterocycles. The number of fused-ring (bicyclic) bond motifs is 4. The fourth-order valence-corrected chi connectivity index (χ4v) is 3.29. The summed E-state index contributed by atoms with van der Waals surface area (Å²) in [6, 6.07) is 24.9. The molecule has 5 rings (SSSR count). The van der Waals surface area contributed by atoms with E-state index in [9.17, 15) is 0 Å². The zero-order valence-corrected chi connectivity index (χ0v) is 13.0. The SMILES string of the molecule is C(=Cc1cccc2c1[nH]c1ccccc12)c1cc2ccccc2o1. The van der Waals surface area contributed by atoms with E-state index in [0.29, 0.717) is 0 Å². The van der Waals surface area contributed by atoms with E-state index < -0.39 is 0 Å². The minimum atomic E-state index is 0.865. The number of hydrogen-bond acceptors (Lipinski definition) is 1. The highest BCUT2D eigenvalue weighted by atomic mass is 16.3. The van der Waals surface area contributed by atoms with Crippen LogP contribution in [0, 0.1) is 0 Å². The normalized spacial score (nSPS) is 12.0. The van der Waals surface area contributed by atoms with Crippen molar-refractivity contribution in [2.45, 2.75) is 0 Å². The van der Waals surface area contributed by atoms with E-state index in [1.54, 1.807) is 0 Å². The molecule has 1 N–H and O–H groups in total. The van der Waals surface area contributed by atoms with Crippen molar-refractivity contribution < 1.29 is 4.42 Å². The van der Waals surface area contributed by atoms with Gasteiger partial charge in [0.15, 0.2) is 0 Å². The summed E-state index contributed by atoms with van der Waals surface area (Å²) in [5.41, 5.74) is 4.40. The van der Waals surface area contributed by atoms with Crippen LogP contribution in [0.25, 0.3) is 44.9 Å². The zero-order chi connectivity index (χ0) is 15.9. The quantitative estimate of drug-likeness (QED) is 0.411. The van der Waals surface area contributed by atoms with Gasteiger partial charge in [0.25, 0.3) is 0 Å². The van der Waals surface area contributed by atoms with Crippen LogP contribution in [0.4, 0.5) is 0 Å². The second-order valence-corrected chi connectivity index (χ2v) is 5.96. The summed E-state index contributed by atoms with van der Waals surface area (Å²) < 4.78 is 5.86. The van der Waals surface area contributed by atoms with Gasteiger partial charge in [0, 0.05) is 21.7 Å². The van der Waals surface area contributed by atoms with Gasteiger partial charge in [0.05, 0.1) is 5.52 Å². The molecule has 0 aliphatic heterocycles. The van der Waals surface area contributed by atoms with Crippen LogP contribution in [-0.2, 0) is 0 Å². The van der Waals surface area contributed by atoms with Crippen molar-refractivity contribution in [2.24, 2.45) is 0 Å². The summed E-state index contributed by atoms with van der Waals surface area (Å²) in [5, 5.41) is 3.63. The van der Waals surface area contributed by atoms with Crippen molar-refractivity contribution in [3.63, 3.8) is 0 Å². The second kappa shape index (κ2) is 5.14. The molecule has 0 aliphatic carbocycles. The van der Waals surface area contributed by atoms with Crippen molar-refractivity contribution in [3.05, 3.63) is 84.1 Å². The van der Waals surface area contributed by atoms with E-state index in [-0.39, 0.29) is 0 Å². The van der Waals surface area contributed by atoms with Gasteiger partial charge in [-0.25, -0.2) is 0 Å². The Bertz CT molecular complexity index is 1170. The van der Waals surface area contributed by atoms with Crippen molar-refractivity contribution in [1.29, 1.82) is 0 Å². The van der Waals surface area contributed by atoms with Gasteiger partial charge in [-0.2, -0.15) is 0 Å². The Kier molecular flexibility index (Phi) is 2.83. The van der Waals surface area contributed by atoms with Gasteiger partial charge in [0.1, 0.15) is 11.3 Å². The first-order valence-electron chi connectivity index (χ1n) is 8.04. The first-order chi connectivity index (χ1) is 11.9. The molecule has 24 heavy (non-hydrogen) atoms. The predicted molar refractivity (Wildman–Crippen MR) is 101 cm³/mol. The van der Waals surface area contributed by atoms with E-state index in [1.807, 2.05) is 24.3 Å². The van der Waals surface area contributed by atoms with Crippen LogP contribution in [-0.4, -0.2) is 4.98 Å². The summed E-state index contributed by atoms with van der Waals surface area (Å²) in [4.78, 5) is 3.53. The summed E-state index contributed by atoms with van der Waals surface area (Å²) in [5.74, 6) is 0.865. The summed E-state index contributed by atoms with van der Waals surface area (Å²) in [7, 11) is 0. The molecule has 3 aromatic carbocycles. The zero-order valence-electron chi connectivity index (χ0n) is 13.0. The average Bonchev–Trinajstić information content (AvgIpc) is 3.21. The third kappa shape index (κ3) is 2.04. The van der Waals surface area contributed by atoms with Crippen molar-refractivity contribution >= 4 is 44.9 Å². The fourth-order valence-electron chi connectivity index (χ4n) is 3.29. The number of furan rings is 1. The lowest BCUT2D eigenvalue weighted by Gasteiger charge is -1.96. The molecule has 2 aromatic heterocycles. The maximum absolute atomic E-state index is 5.86. The van der Waals surface area contributed by atoms with E-state index in [4.69, 9.17) is 4.42 Å². The van der Waals surface area contributed by atoms with E-state index in [2.05, 4.69) is 65.7 Å². The Hall–Kier alpha value is -3.26. The number of benzene rings is 3. The van der Waals surface area contributed by atoms with E-state index >= 15 is 0 Å². The Labute approximate surface area is 139 Å². The highest BCUT2D eigenvalue weighted by Gasteiger charge is 2.06. The number of nitrogens with one attached hydrogen (secondary N) is 1. The molecule has 0 spiro atoms. The maximum atomic E-state index is 5.86. The second-order valence-electron chi connectivity index (χ2n) is 5.96. The molecule has 0 bridgehead atoms. The van der Waals surface area contributed by atoms with Crippen LogP contribution in [0.5, 0.6) is 0 Å². The van der Waals surface area contributed by atoms with Gasteiger partial charge in [-0.05, 0) is 35.9 Å². The van der Waals surface area contributed by atoms with Crippen LogP contribution in [0.15, 0.2) is 77.2 Å². The van der Waals surface area contributed by atoms with Crippen molar-refractivity contribution in [3.8, 4) is 0 Å². The monoisotopic (exact) mass is 309 g/mol. The lowest BCUT2D eigenvalue weighted by atomic mass is 10.1. The molecular weight excluding hydrogens is 294 g/mol. The number of para-hydroxylation sites is 3. The van der Waals surface area contributed by atoms with Gasteiger partial charge in [0.2, 0.25) is 0 Å². The van der Waals surface area contributed by atoms with E-state index in [0.717, 1.165) is 33.3 Å². The van der Waals surface area contributed by atoms with E-state index in [1.165, 1.54) is 10.8 Å². The Balaban J connectivity index is 1.63. The Morgan fingerprint density at radius 1 is 0.750 bits per heavy atom. The third-order valence-corrected chi connectivity index (χ3v) is 4.45. The Morgan fingerprint density at radius 3 is 2.54 bits per heavy atom. The molecule has 2 heterocycles. The molecule has 0 unspecified atom stereocenters. The largest absolute Gasteiger partial charge is 0.457 e. The Morgan fingerprint density at radius 2 is 1.58 bits per heavy atom. The fraction of sp³-hybridized carbons (Fsp3) is 0. The van der Waals surface area contributed by atoms with Gasteiger partial charge in [-0.3, -0.25) is 0 Å². The van der Waals surface area contributed by atoms with Crippen molar-refractivity contribution in [1.82, 2.24) is 4.98 Å². The number of rotatable bonds is 2. The molecule has 0 saturated carbocycles. The summed E-state index contributed by atoms with van der Waals surface area (Å²) >= 11 is 0. The summed E-state index contributed by atoms with van der Waals surface area (Å²) in [6.07, 6.45) is 4.13. The minimum absolute atomic E-state index is 0.865. The lowest BCUT2D eigenvalue weighted by Crippen LogP contribution is -1.75. The van der Waals surface area contributed by atoms with Gasteiger partial charge < -0.3 is 9.40 Å². The summed E-state index contributed by atoms with van der Waals surface area (Å²) in [6.45, 7) is 0. The van der Waals surface area contributed by atoms with Gasteiger partial charge >= 0.3 is 0 Å². The highest BCUT2D eigenvalue weighted by Crippen LogP contribution is 2.28. The van der Waals surface area contributed by atoms with Crippen LogP contribution >= 0.6 is 0 Å². The van der Waals surface area contributed by atoms with Gasteiger partial charge in [-0.1, -0.05) is 54.6 Å². The lowest BCUT2D eigenvalue weighted by molar-refractivity contribution is 0.604. The topological polar surface area (TPSA) is 28.9 Å². The average molecular weight is 309 g/mol. The molecule has 0 fully saturated rings. The first kappa shape index (κ1) is 13.2. The molecule has 2 heteroatoms. The number of hydrogen-bond donors (Lipinski definition) is 1. The van der Waals surface area contributed by atoms with Crippen LogP contribution in [0.2, 0.25) is 0 Å². The number of aromatic nitrogens is 1. The minimum Gasteiger partial charge on any atom is -0.457 e. The molecule has 5 aromatic rings.